The minimum absolute atomic E-state index is 0.0385. The summed E-state index contributed by atoms with van der Waals surface area (Å²) in [5.74, 6) is 0. The van der Waals surface area contributed by atoms with Gasteiger partial charge in [0.2, 0.25) is 10.0 Å². The number of fused-ring (bicyclic) bond motifs is 1. The summed E-state index contributed by atoms with van der Waals surface area (Å²) in [6, 6.07) is 16.1. The maximum absolute atomic E-state index is 13.0. The Bertz CT molecular complexity index is 1370. The number of nitrogens with two attached hydrogens (primary N) is 1. The number of aromatic nitrogens is 3. The molecule has 8 heteroatoms. The number of imidazole rings is 1. The highest BCUT2D eigenvalue weighted by atomic mass is 32.2. The van der Waals surface area contributed by atoms with Crippen LogP contribution < -0.4 is 10.8 Å². The van der Waals surface area contributed by atoms with Crippen LogP contribution in [0.4, 0.5) is 0 Å². The molecule has 7 nitrogen and oxygen atoms in total. The third kappa shape index (κ3) is 3.37. The monoisotopic (exact) mass is 408 g/mol. The highest BCUT2D eigenvalue weighted by Gasteiger charge is 2.18. The molecule has 0 unspecified atom stereocenters. The summed E-state index contributed by atoms with van der Waals surface area (Å²) in [6.45, 7) is 2.22. The van der Waals surface area contributed by atoms with Crippen LogP contribution in [0.3, 0.4) is 0 Å². The molecule has 0 spiro atoms. The van der Waals surface area contributed by atoms with Crippen molar-refractivity contribution in [1.29, 1.82) is 0 Å². The summed E-state index contributed by atoms with van der Waals surface area (Å²) < 4.78 is 26.2. The number of sulfonamides is 1. The van der Waals surface area contributed by atoms with E-state index in [1.165, 1.54) is 12.1 Å². The number of rotatable bonds is 4. The van der Waals surface area contributed by atoms with E-state index in [9.17, 15) is 13.2 Å². The van der Waals surface area contributed by atoms with E-state index in [0.717, 1.165) is 33.4 Å². The molecule has 0 radical (unpaired) electrons. The van der Waals surface area contributed by atoms with Gasteiger partial charge in [0, 0.05) is 18.3 Å². The van der Waals surface area contributed by atoms with Gasteiger partial charge in [0.05, 0.1) is 28.7 Å². The predicted molar refractivity (Wildman–Crippen MR) is 112 cm³/mol. The second-order valence-corrected chi connectivity index (χ2v) is 8.50. The second kappa shape index (κ2) is 6.98. The van der Waals surface area contributed by atoms with Crippen molar-refractivity contribution in [3.05, 3.63) is 82.5 Å². The first kappa shape index (κ1) is 19.1. The van der Waals surface area contributed by atoms with Crippen molar-refractivity contribution >= 4 is 21.1 Å². The van der Waals surface area contributed by atoms with Crippen molar-refractivity contribution in [3.8, 4) is 11.1 Å². The summed E-state index contributed by atoms with van der Waals surface area (Å²) >= 11 is 0. The van der Waals surface area contributed by atoms with Gasteiger partial charge in [-0.2, -0.15) is 0 Å². The first-order chi connectivity index (χ1) is 13.8. The van der Waals surface area contributed by atoms with E-state index < -0.39 is 10.0 Å². The normalized spacial score (nSPS) is 11.8. The second-order valence-electron chi connectivity index (χ2n) is 6.94. The quantitative estimate of drug-likeness (QED) is 0.560. The molecule has 2 N–H and O–H groups in total. The number of aryl methyl sites for hydroxylation is 2. The fourth-order valence-corrected chi connectivity index (χ4v) is 4.06. The van der Waals surface area contributed by atoms with Gasteiger partial charge >= 0.3 is 5.69 Å². The molecule has 4 rings (SSSR count). The number of primary sulfonamides is 1. The summed E-state index contributed by atoms with van der Waals surface area (Å²) in [6.07, 6.45) is 1.71. The molecule has 0 atom stereocenters. The van der Waals surface area contributed by atoms with E-state index in [1.54, 1.807) is 34.5 Å². The molecule has 0 aliphatic rings. The van der Waals surface area contributed by atoms with Crippen LogP contribution in [0.2, 0.25) is 0 Å². The number of benzene rings is 2. The van der Waals surface area contributed by atoms with Crippen LogP contribution in [0.1, 0.15) is 11.3 Å². The smallest absolute Gasteiger partial charge is 0.293 e. The molecule has 0 fully saturated rings. The van der Waals surface area contributed by atoms with Gasteiger partial charge in [0.1, 0.15) is 0 Å². The van der Waals surface area contributed by atoms with E-state index in [2.05, 4.69) is 4.98 Å². The van der Waals surface area contributed by atoms with Gasteiger partial charge in [-0.25, -0.2) is 18.4 Å². The summed E-state index contributed by atoms with van der Waals surface area (Å²) in [5.41, 5.74) is 4.87. The minimum atomic E-state index is -3.76. The van der Waals surface area contributed by atoms with Crippen LogP contribution in [-0.4, -0.2) is 22.5 Å². The molecule has 0 aliphatic carbocycles. The number of pyridine rings is 1. The van der Waals surface area contributed by atoms with Crippen LogP contribution >= 0.6 is 0 Å². The molecule has 0 saturated heterocycles. The lowest BCUT2D eigenvalue weighted by Gasteiger charge is -2.11. The van der Waals surface area contributed by atoms with Crippen molar-refractivity contribution in [2.45, 2.75) is 18.4 Å². The average molecular weight is 408 g/mol. The fraction of sp³-hybridized carbons (Fsp3) is 0.143. The maximum atomic E-state index is 13.0. The van der Waals surface area contributed by atoms with Crippen LogP contribution in [0, 0.1) is 6.92 Å². The van der Waals surface area contributed by atoms with E-state index in [-0.39, 0.29) is 10.6 Å². The average Bonchev–Trinajstić information content (AvgIpc) is 2.93. The van der Waals surface area contributed by atoms with Crippen LogP contribution in [0.5, 0.6) is 0 Å². The molecule has 148 valence electrons. The van der Waals surface area contributed by atoms with E-state index in [0.29, 0.717) is 6.54 Å². The molecule has 2 heterocycles. The summed E-state index contributed by atoms with van der Waals surface area (Å²) in [4.78, 5) is 17.5. The molecule has 29 heavy (non-hydrogen) atoms. The zero-order chi connectivity index (χ0) is 20.8. The number of nitrogens with zero attached hydrogens (tertiary/aromatic N) is 3. The lowest BCUT2D eigenvalue weighted by Crippen LogP contribution is -2.23. The van der Waals surface area contributed by atoms with Gasteiger partial charge in [0.25, 0.3) is 0 Å². The van der Waals surface area contributed by atoms with E-state index in [4.69, 9.17) is 5.14 Å². The zero-order valence-corrected chi connectivity index (χ0v) is 16.8. The Kier molecular flexibility index (Phi) is 4.60. The standard InChI is InChI=1S/C21H20N4O3S/c1-14-19(16-6-4-3-5-7-16)20-18(12-23-14)24(2)21(26)25(20)13-15-8-10-17(11-9-15)29(22,27)28/h3-12H,13H2,1-2H3,(H2,22,27,28). The van der Waals surface area contributed by atoms with Crippen LogP contribution in [-0.2, 0) is 23.6 Å². The molecule has 0 bridgehead atoms. The Hall–Kier alpha value is -3.23. The zero-order valence-electron chi connectivity index (χ0n) is 16.0. The Morgan fingerprint density at radius 2 is 1.69 bits per heavy atom. The van der Waals surface area contributed by atoms with E-state index >= 15 is 0 Å². The highest BCUT2D eigenvalue weighted by molar-refractivity contribution is 7.89. The van der Waals surface area contributed by atoms with Crippen molar-refractivity contribution in [2.75, 3.05) is 0 Å². The topological polar surface area (TPSA) is 100.0 Å². The molecular formula is C21H20N4O3S. The summed E-state index contributed by atoms with van der Waals surface area (Å²) in [5, 5.41) is 5.17. The van der Waals surface area contributed by atoms with Gasteiger partial charge in [-0.1, -0.05) is 42.5 Å². The van der Waals surface area contributed by atoms with Crippen LogP contribution in [0.15, 0.2) is 70.5 Å². The Morgan fingerprint density at radius 1 is 1.03 bits per heavy atom. The van der Waals surface area contributed by atoms with Crippen molar-refractivity contribution in [3.63, 3.8) is 0 Å². The molecule has 2 aromatic heterocycles. The highest BCUT2D eigenvalue weighted by Crippen LogP contribution is 2.30. The molecule has 0 amide bonds. The Balaban J connectivity index is 1.92. The largest absolute Gasteiger partial charge is 0.329 e. The minimum Gasteiger partial charge on any atom is -0.293 e. The molecule has 0 saturated carbocycles. The third-order valence-electron chi connectivity index (χ3n) is 5.03. The van der Waals surface area contributed by atoms with Gasteiger partial charge in [-0.3, -0.25) is 14.1 Å². The molecule has 0 aliphatic heterocycles. The maximum Gasteiger partial charge on any atom is 0.329 e. The Morgan fingerprint density at radius 3 is 2.31 bits per heavy atom. The van der Waals surface area contributed by atoms with Gasteiger partial charge < -0.3 is 0 Å². The van der Waals surface area contributed by atoms with Crippen LogP contribution in [0.25, 0.3) is 22.2 Å². The number of hydrogen-bond donors (Lipinski definition) is 1. The molecule has 4 aromatic rings. The van der Waals surface area contributed by atoms with Crippen molar-refractivity contribution < 1.29 is 8.42 Å². The Labute approximate surface area is 168 Å². The predicted octanol–water partition coefficient (Wildman–Crippen LogP) is 2.41. The van der Waals surface area contributed by atoms with Gasteiger partial charge in [0.15, 0.2) is 0 Å². The first-order valence-electron chi connectivity index (χ1n) is 8.99. The van der Waals surface area contributed by atoms with E-state index in [1.807, 2.05) is 37.3 Å². The molecule has 2 aromatic carbocycles. The first-order valence-corrected chi connectivity index (χ1v) is 10.5. The molecular weight excluding hydrogens is 388 g/mol. The van der Waals surface area contributed by atoms with Gasteiger partial charge in [-0.15, -0.1) is 0 Å². The lowest BCUT2D eigenvalue weighted by atomic mass is 10.0. The van der Waals surface area contributed by atoms with Gasteiger partial charge in [-0.05, 0) is 30.2 Å². The summed E-state index contributed by atoms with van der Waals surface area (Å²) in [7, 11) is -2.04. The van der Waals surface area contributed by atoms with Crippen molar-refractivity contribution in [2.24, 2.45) is 12.2 Å². The number of hydrogen-bond acceptors (Lipinski definition) is 4. The van der Waals surface area contributed by atoms with Crippen molar-refractivity contribution in [1.82, 2.24) is 14.1 Å². The SMILES string of the molecule is Cc1ncc2c(c1-c1ccccc1)n(Cc1ccc(S(N)(=O)=O)cc1)c(=O)n2C. The fourth-order valence-electron chi connectivity index (χ4n) is 3.55. The third-order valence-corrected chi connectivity index (χ3v) is 5.96. The lowest BCUT2D eigenvalue weighted by molar-refractivity contribution is 0.597.